The first kappa shape index (κ1) is 13.4. The fraction of sp³-hybridized carbons (Fsp3) is 0.167. The fourth-order valence-electron chi connectivity index (χ4n) is 2.52. The van der Waals surface area contributed by atoms with E-state index in [1.165, 1.54) is 0 Å². The molecule has 2 aromatic carbocycles. The van der Waals surface area contributed by atoms with Crippen molar-refractivity contribution in [1.82, 2.24) is 0 Å². The number of cyclic esters (lactones) is 1. The number of carbonyl (C=O) groups is 1. The second kappa shape index (κ2) is 5.44. The largest absolute Gasteiger partial charge is 0.496 e. The highest BCUT2D eigenvalue weighted by atomic mass is 16.5. The molecule has 21 heavy (non-hydrogen) atoms. The summed E-state index contributed by atoms with van der Waals surface area (Å²) < 4.78 is 10.6. The van der Waals surface area contributed by atoms with Crippen LogP contribution in [0.4, 0.5) is 0 Å². The minimum atomic E-state index is -0.309. The molecule has 2 aromatic rings. The Bertz CT molecular complexity index is 716. The van der Waals surface area contributed by atoms with Gasteiger partial charge in [0.1, 0.15) is 11.9 Å². The minimum absolute atomic E-state index is 0.258. The van der Waals surface area contributed by atoms with E-state index in [4.69, 9.17) is 9.47 Å². The van der Waals surface area contributed by atoms with Gasteiger partial charge in [0.15, 0.2) is 0 Å². The van der Waals surface area contributed by atoms with E-state index >= 15 is 0 Å². The minimum Gasteiger partial charge on any atom is -0.496 e. The standard InChI is InChI=1S/C18H16O3/c1-12-11-13(7-9-16(12)20-2)8-10-17-14-5-3-4-6-15(14)18(19)21-17/h3-11,17H,1-2H3/b10-8+. The highest BCUT2D eigenvalue weighted by molar-refractivity contribution is 5.94. The molecule has 0 saturated carbocycles. The Hall–Kier alpha value is -2.55. The van der Waals surface area contributed by atoms with Crippen LogP contribution in [-0.2, 0) is 4.74 Å². The van der Waals surface area contributed by atoms with Gasteiger partial charge in [0.2, 0.25) is 0 Å². The lowest BCUT2D eigenvalue weighted by atomic mass is 10.0. The van der Waals surface area contributed by atoms with Crippen LogP contribution in [0.25, 0.3) is 6.08 Å². The van der Waals surface area contributed by atoms with Crippen molar-refractivity contribution < 1.29 is 14.3 Å². The molecular formula is C18H16O3. The number of ether oxygens (including phenoxy) is 2. The van der Waals surface area contributed by atoms with E-state index in [0.29, 0.717) is 5.56 Å². The van der Waals surface area contributed by atoms with Crippen LogP contribution >= 0.6 is 0 Å². The normalized spacial score (nSPS) is 16.9. The SMILES string of the molecule is COc1ccc(/C=C/C2OC(=O)c3ccccc32)cc1C. The number of carbonyl (C=O) groups excluding carboxylic acids is 1. The van der Waals surface area contributed by atoms with E-state index in [1.54, 1.807) is 13.2 Å². The van der Waals surface area contributed by atoms with Crippen LogP contribution in [0.15, 0.2) is 48.5 Å². The molecule has 106 valence electrons. The maximum atomic E-state index is 11.8. The Balaban J connectivity index is 1.84. The highest BCUT2D eigenvalue weighted by Crippen LogP contribution is 2.32. The number of hydrogen-bond acceptors (Lipinski definition) is 3. The van der Waals surface area contributed by atoms with Crippen LogP contribution in [-0.4, -0.2) is 13.1 Å². The number of rotatable bonds is 3. The van der Waals surface area contributed by atoms with E-state index < -0.39 is 0 Å². The maximum absolute atomic E-state index is 11.8. The summed E-state index contributed by atoms with van der Waals surface area (Å²) >= 11 is 0. The van der Waals surface area contributed by atoms with Crippen LogP contribution in [0.3, 0.4) is 0 Å². The van der Waals surface area contributed by atoms with Gasteiger partial charge in [-0.2, -0.15) is 0 Å². The fourth-order valence-corrected chi connectivity index (χ4v) is 2.52. The van der Waals surface area contributed by atoms with Crippen molar-refractivity contribution in [2.45, 2.75) is 13.0 Å². The summed E-state index contributed by atoms with van der Waals surface area (Å²) in [4.78, 5) is 11.8. The first-order chi connectivity index (χ1) is 10.2. The summed E-state index contributed by atoms with van der Waals surface area (Å²) in [5.74, 6) is 0.607. The molecule has 1 unspecified atom stereocenters. The third-order valence-corrected chi connectivity index (χ3v) is 3.60. The Morgan fingerprint density at radius 2 is 2.00 bits per heavy atom. The molecule has 0 radical (unpaired) electrons. The van der Waals surface area contributed by atoms with Crippen molar-refractivity contribution in [1.29, 1.82) is 0 Å². The molecule has 3 heteroatoms. The quantitative estimate of drug-likeness (QED) is 0.799. The van der Waals surface area contributed by atoms with Crippen molar-refractivity contribution in [3.63, 3.8) is 0 Å². The summed E-state index contributed by atoms with van der Waals surface area (Å²) in [6.07, 6.45) is 3.56. The van der Waals surface area contributed by atoms with E-state index in [0.717, 1.165) is 22.4 Å². The van der Waals surface area contributed by atoms with E-state index in [1.807, 2.05) is 55.5 Å². The van der Waals surface area contributed by atoms with Gasteiger partial charge >= 0.3 is 5.97 Å². The second-order valence-corrected chi connectivity index (χ2v) is 5.00. The molecule has 1 atom stereocenters. The van der Waals surface area contributed by atoms with Crippen molar-refractivity contribution in [2.24, 2.45) is 0 Å². The molecule has 0 spiro atoms. The molecule has 1 aliphatic heterocycles. The summed E-state index contributed by atoms with van der Waals surface area (Å²) in [6, 6.07) is 13.4. The molecule has 0 bridgehead atoms. The van der Waals surface area contributed by atoms with Crippen LogP contribution < -0.4 is 4.74 Å². The van der Waals surface area contributed by atoms with E-state index in [-0.39, 0.29) is 12.1 Å². The summed E-state index contributed by atoms with van der Waals surface area (Å²) in [6.45, 7) is 2.00. The van der Waals surface area contributed by atoms with Gasteiger partial charge in [-0.3, -0.25) is 0 Å². The maximum Gasteiger partial charge on any atom is 0.339 e. The summed E-state index contributed by atoms with van der Waals surface area (Å²) in [5.41, 5.74) is 3.69. The predicted octanol–water partition coefficient (Wildman–Crippen LogP) is 3.93. The van der Waals surface area contributed by atoms with E-state index in [2.05, 4.69) is 0 Å². The van der Waals surface area contributed by atoms with Crippen LogP contribution in [0, 0.1) is 6.92 Å². The number of fused-ring (bicyclic) bond motifs is 1. The zero-order valence-electron chi connectivity index (χ0n) is 12.0. The van der Waals surface area contributed by atoms with Gasteiger partial charge in [-0.1, -0.05) is 30.3 Å². The number of benzene rings is 2. The van der Waals surface area contributed by atoms with Gasteiger partial charge in [0.05, 0.1) is 12.7 Å². The van der Waals surface area contributed by atoms with Crippen molar-refractivity contribution in [3.05, 3.63) is 70.8 Å². The second-order valence-electron chi connectivity index (χ2n) is 5.00. The number of aryl methyl sites for hydroxylation is 1. The van der Waals surface area contributed by atoms with Crippen LogP contribution in [0.2, 0.25) is 0 Å². The third kappa shape index (κ3) is 2.55. The molecule has 0 saturated heterocycles. The van der Waals surface area contributed by atoms with E-state index in [9.17, 15) is 4.79 Å². The lowest BCUT2D eigenvalue weighted by Crippen LogP contribution is -1.95. The van der Waals surface area contributed by atoms with Gasteiger partial charge in [0, 0.05) is 5.56 Å². The molecule has 0 aliphatic carbocycles. The van der Waals surface area contributed by atoms with Crippen LogP contribution in [0.5, 0.6) is 5.75 Å². The number of methoxy groups -OCH3 is 1. The Kier molecular flexibility index (Phi) is 3.48. The molecule has 0 aromatic heterocycles. The average Bonchev–Trinajstić information content (AvgIpc) is 2.82. The van der Waals surface area contributed by atoms with Gasteiger partial charge in [-0.15, -0.1) is 0 Å². The topological polar surface area (TPSA) is 35.5 Å². The molecule has 1 aliphatic rings. The molecule has 3 nitrogen and oxygen atoms in total. The van der Waals surface area contributed by atoms with Crippen molar-refractivity contribution in [2.75, 3.05) is 7.11 Å². The lowest BCUT2D eigenvalue weighted by molar-refractivity contribution is 0.0468. The van der Waals surface area contributed by atoms with Crippen LogP contribution in [0.1, 0.15) is 33.2 Å². The van der Waals surface area contributed by atoms with Gasteiger partial charge in [0.25, 0.3) is 0 Å². The highest BCUT2D eigenvalue weighted by Gasteiger charge is 2.28. The molecule has 0 N–H and O–H groups in total. The van der Waals surface area contributed by atoms with Crippen molar-refractivity contribution >= 4 is 12.0 Å². The average molecular weight is 280 g/mol. The predicted molar refractivity (Wildman–Crippen MR) is 81.4 cm³/mol. The molecule has 0 fully saturated rings. The number of hydrogen-bond donors (Lipinski definition) is 0. The Morgan fingerprint density at radius 3 is 2.76 bits per heavy atom. The molecular weight excluding hydrogens is 264 g/mol. The Morgan fingerprint density at radius 1 is 1.19 bits per heavy atom. The summed E-state index contributed by atoms with van der Waals surface area (Å²) in [5, 5.41) is 0. The molecule has 3 rings (SSSR count). The number of esters is 1. The summed E-state index contributed by atoms with van der Waals surface area (Å²) in [7, 11) is 1.66. The third-order valence-electron chi connectivity index (χ3n) is 3.60. The molecule has 1 heterocycles. The first-order valence-corrected chi connectivity index (χ1v) is 6.82. The monoisotopic (exact) mass is 280 g/mol. The molecule has 0 amide bonds. The lowest BCUT2D eigenvalue weighted by Gasteiger charge is -2.06. The zero-order chi connectivity index (χ0) is 14.8. The van der Waals surface area contributed by atoms with Crippen molar-refractivity contribution in [3.8, 4) is 5.75 Å². The first-order valence-electron chi connectivity index (χ1n) is 6.82. The van der Waals surface area contributed by atoms with Gasteiger partial charge in [-0.25, -0.2) is 4.79 Å². The Labute approximate surface area is 123 Å². The van der Waals surface area contributed by atoms with Gasteiger partial charge < -0.3 is 9.47 Å². The van der Waals surface area contributed by atoms with Gasteiger partial charge in [-0.05, 0) is 42.3 Å². The smallest absolute Gasteiger partial charge is 0.339 e. The zero-order valence-corrected chi connectivity index (χ0v) is 12.0.